The first-order valence-electron chi connectivity index (χ1n) is 11.2. The molecule has 0 heterocycles. The van der Waals surface area contributed by atoms with Crippen molar-refractivity contribution in [3.8, 4) is 0 Å². The van der Waals surface area contributed by atoms with Crippen LogP contribution in [-0.2, 0) is 22.4 Å². The quantitative estimate of drug-likeness (QED) is 0.704. The van der Waals surface area contributed by atoms with Gasteiger partial charge >= 0.3 is 0 Å². The molecule has 160 valence electrons. The maximum absolute atomic E-state index is 13.3. The molecule has 30 heavy (non-hydrogen) atoms. The lowest BCUT2D eigenvalue weighted by atomic mass is 9.95. The van der Waals surface area contributed by atoms with Gasteiger partial charge in [0, 0.05) is 12.6 Å². The zero-order valence-electron chi connectivity index (χ0n) is 18.3. The normalized spacial score (nSPS) is 15.4. The van der Waals surface area contributed by atoms with Crippen molar-refractivity contribution in [2.24, 2.45) is 0 Å². The predicted octanol–water partition coefficient (Wildman–Crippen LogP) is 4.45. The molecule has 0 radical (unpaired) electrons. The van der Waals surface area contributed by atoms with Crippen molar-refractivity contribution in [2.45, 2.75) is 70.9 Å². The first-order valence-corrected chi connectivity index (χ1v) is 11.2. The summed E-state index contributed by atoms with van der Waals surface area (Å²) in [5.41, 5.74) is 3.30. The minimum atomic E-state index is -0.479. The Morgan fingerprint density at radius 2 is 1.67 bits per heavy atom. The van der Waals surface area contributed by atoms with Gasteiger partial charge in [-0.15, -0.1) is 0 Å². The summed E-state index contributed by atoms with van der Waals surface area (Å²) >= 11 is 0. The van der Waals surface area contributed by atoms with Gasteiger partial charge in [-0.3, -0.25) is 9.59 Å². The Kier molecular flexibility index (Phi) is 8.06. The van der Waals surface area contributed by atoms with Crippen LogP contribution in [0.4, 0.5) is 0 Å². The summed E-state index contributed by atoms with van der Waals surface area (Å²) in [6, 6.07) is 17.9. The third-order valence-corrected chi connectivity index (χ3v) is 6.21. The highest BCUT2D eigenvalue weighted by Crippen LogP contribution is 2.18. The number of rotatable bonds is 8. The lowest BCUT2D eigenvalue weighted by Crippen LogP contribution is -2.51. The maximum atomic E-state index is 13.3. The highest BCUT2D eigenvalue weighted by Gasteiger charge is 2.28. The van der Waals surface area contributed by atoms with Gasteiger partial charge < -0.3 is 10.2 Å². The predicted molar refractivity (Wildman–Crippen MR) is 121 cm³/mol. The van der Waals surface area contributed by atoms with E-state index in [0.717, 1.165) is 30.4 Å². The first kappa shape index (κ1) is 22.1. The zero-order valence-corrected chi connectivity index (χ0v) is 18.3. The molecule has 1 atom stereocenters. The number of aryl methyl sites for hydroxylation is 1. The number of amides is 2. The Bertz CT molecular complexity index is 828. The second kappa shape index (κ2) is 11.0. The van der Waals surface area contributed by atoms with Gasteiger partial charge in [-0.05, 0) is 49.8 Å². The molecule has 0 saturated heterocycles. The molecular weight excluding hydrogens is 372 g/mol. The number of hydrogen-bond donors (Lipinski definition) is 1. The Balaban J connectivity index is 1.70. The third-order valence-electron chi connectivity index (χ3n) is 6.21. The lowest BCUT2D eigenvalue weighted by Gasteiger charge is -2.31. The summed E-state index contributed by atoms with van der Waals surface area (Å²) in [5.74, 6) is -0.0281. The fourth-order valence-electron chi connectivity index (χ4n) is 4.21. The number of benzene rings is 2. The molecule has 2 aromatic rings. The zero-order chi connectivity index (χ0) is 21.3. The molecule has 0 spiro atoms. The van der Waals surface area contributed by atoms with E-state index in [2.05, 4.69) is 17.4 Å². The third kappa shape index (κ3) is 6.19. The van der Waals surface area contributed by atoms with Crippen LogP contribution < -0.4 is 5.32 Å². The van der Waals surface area contributed by atoms with E-state index in [1.807, 2.05) is 56.3 Å². The summed E-state index contributed by atoms with van der Waals surface area (Å²) in [5, 5.41) is 3.19. The minimum Gasteiger partial charge on any atom is -0.352 e. The first-order chi connectivity index (χ1) is 14.5. The molecule has 1 saturated carbocycles. The molecule has 2 aromatic carbocycles. The molecule has 1 fully saturated rings. The summed E-state index contributed by atoms with van der Waals surface area (Å²) in [4.78, 5) is 28.0. The van der Waals surface area contributed by atoms with E-state index >= 15 is 0 Å². The van der Waals surface area contributed by atoms with E-state index in [9.17, 15) is 9.59 Å². The molecule has 0 aromatic heterocycles. The van der Waals surface area contributed by atoms with Crippen molar-refractivity contribution in [2.75, 3.05) is 6.54 Å². The van der Waals surface area contributed by atoms with Crippen LogP contribution in [0.1, 0.15) is 55.7 Å². The van der Waals surface area contributed by atoms with Crippen molar-refractivity contribution < 1.29 is 9.59 Å². The Hall–Kier alpha value is -2.62. The Labute approximate surface area is 180 Å². The van der Waals surface area contributed by atoms with Gasteiger partial charge in [0.25, 0.3) is 0 Å². The molecule has 1 N–H and O–H groups in total. The molecule has 1 aliphatic rings. The maximum Gasteiger partial charge on any atom is 0.242 e. The molecule has 4 heteroatoms. The van der Waals surface area contributed by atoms with E-state index in [1.54, 1.807) is 4.90 Å². The fourth-order valence-corrected chi connectivity index (χ4v) is 4.21. The molecule has 0 aliphatic heterocycles. The van der Waals surface area contributed by atoms with Gasteiger partial charge in [0.15, 0.2) is 0 Å². The molecule has 3 rings (SSSR count). The van der Waals surface area contributed by atoms with E-state index in [4.69, 9.17) is 0 Å². The van der Waals surface area contributed by atoms with Gasteiger partial charge in [-0.2, -0.15) is 0 Å². The van der Waals surface area contributed by atoms with E-state index in [1.165, 1.54) is 24.8 Å². The van der Waals surface area contributed by atoms with Crippen LogP contribution in [0.2, 0.25) is 0 Å². The van der Waals surface area contributed by atoms with E-state index < -0.39 is 6.04 Å². The van der Waals surface area contributed by atoms with Crippen molar-refractivity contribution in [1.82, 2.24) is 10.2 Å². The summed E-state index contributed by atoms with van der Waals surface area (Å²) < 4.78 is 0. The van der Waals surface area contributed by atoms with Crippen LogP contribution in [0, 0.1) is 6.92 Å². The van der Waals surface area contributed by atoms with Crippen molar-refractivity contribution in [3.63, 3.8) is 0 Å². The number of carbonyl (C=O) groups excluding carboxylic acids is 2. The fraction of sp³-hybridized carbons (Fsp3) is 0.462. The monoisotopic (exact) mass is 406 g/mol. The topological polar surface area (TPSA) is 49.4 Å². The number of hydrogen-bond acceptors (Lipinski definition) is 2. The number of nitrogens with zero attached hydrogens (tertiary/aromatic N) is 1. The van der Waals surface area contributed by atoms with Crippen LogP contribution in [0.15, 0.2) is 54.6 Å². The van der Waals surface area contributed by atoms with E-state index in [-0.39, 0.29) is 17.9 Å². The summed E-state index contributed by atoms with van der Waals surface area (Å²) in [6.45, 7) is 4.42. The minimum absolute atomic E-state index is 0.00604. The van der Waals surface area contributed by atoms with Crippen LogP contribution in [0.5, 0.6) is 0 Å². The summed E-state index contributed by atoms with van der Waals surface area (Å²) in [6.07, 6.45) is 6.73. The Morgan fingerprint density at radius 3 is 2.37 bits per heavy atom. The molecule has 1 aliphatic carbocycles. The second-order valence-electron chi connectivity index (χ2n) is 8.45. The van der Waals surface area contributed by atoms with Crippen LogP contribution in [0.25, 0.3) is 0 Å². The van der Waals surface area contributed by atoms with Crippen LogP contribution in [0.3, 0.4) is 0 Å². The smallest absolute Gasteiger partial charge is 0.242 e. The average Bonchev–Trinajstić information content (AvgIpc) is 2.77. The lowest BCUT2D eigenvalue weighted by molar-refractivity contribution is -0.139. The standard InChI is InChI=1S/C26H34N2O2/c1-20-11-9-10-14-23(20)19-25(29)28(18-17-22-12-5-3-6-13-22)21(2)26(30)27-24-15-7-4-8-16-24/h3,5-6,9-14,21,24H,4,7-8,15-19H2,1-2H3,(H,27,30)/t21-/m1/s1. The van der Waals surface area contributed by atoms with Crippen molar-refractivity contribution >= 4 is 11.8 Å². The summed E-state index contributed by atoms with van der Waals surface area (Å²) in [7, 11) is 0. The van der Waals surface area contributed by atoms with Gasteiger partial charge in [0.1, 0.15) is 6.04 Å². The molecule has 4 nitrogen and oxygen atoms in total. The van der Waals surface area contributed by atoms with Crippen molar-refractivity contribution in [3.05, 3.63) is 71.3 Å². The SMILES string of the molecule is Cc1ccccc1CC(=O)N(CCc1ccccc1)[C@H](C)C(=O)NC1CCCCC1. The van der Waals surface area contributed by atoms with Gasteiger partial charge in [-0.25, -0.2) is 0 Å². The molecule has 2 amide bonds. The molecule has 0 unspecified atom stereocenters. The van der Waals surface area contributed by atoms with Gasteiger partial charge in [0.05, 0.1) is 6.42 Å². The van der Waals surface area contributed by atoms with Crippen LogP contribution in [-0.4, -0.2) is 35.3 Å². The average molecular weight is 407 g/mol. The highest BCUT2D eigenvalue weighted by atomic mass is 16.2. The van der Waals surface area contributed by atoms with Gasteiger partial charge in [-0.1, -0.05) is 73.9 Å². The number of carbonyl (C=O) groups is 2. The molecule has 0 bridgehead atoms. The highest BCUT2D eigenvalue weighted by molar-refractivity contribution is 5.88. The second-order valence-corrected chi connectivity index (χ2v) is 8.45. The largest absolute Gasteiger partial charge is 0.352 e. The van der Waals surface area contributed by atoms with E-state index in [0.29, 0.717) is 13.0 Å². The van der Waals surface area contributed by atoms with Crippen molar-refractivity contribution in [1.29, 1.82) is 0 Å². The molecular formula is C26H34N2O2. The van der Waals surface area contributed by atoms with Gasteiger partial charge in [0.2, 0.25) is 11.8 Å². The number of nitrogens with one attached hydrogen (secondary N) is 1. The Morgan fingerprint density at radius 1 is 1.00 bits per heavy atom. The van der Waals surface area contributed by atoms with Crippen LogP contribution >= 0.6 is 0 Å².